The SMILES string of the molecule is NC(=O)c1noc2c1CC=Cc1ccccc1-2. The van der Waals surface area contributed by atoms with Gasteiger partial charge in [0.1, 0.15) is 0 Å². The molecule has 1 heterocycles. The van der Waals surface area contributed by atoms with E-state index in [1.54, 1.807) is 0 Å². The van der Waals surface area contributed by atoms with Crippen LogP contribution in [0, 0.1) is 0 Å². The van der Waals surface area contributed by atoms with Gasteiger partial charge in [-0.15, -0.1) is 0 Å². The summed E-state index contributed by atoms with van der Waals surface area (Å²) in [5.74, 6) is 0.0854. The molecule has 1 amide bonds. The molecule has 0 bridgehead atoms. The van der Waals surface area contributed by atoms with Crippen LogP contribution in [0.5, 0.6) is 0 Å². The molecule has 0 fully saturated rings. The number of rotatable bonds is 1. The quantitative estimate of drug-likeness (QED) is 0.808. The number of nitrogens with two attached hydrogens (primary N) is 1. The number of hydrogen-bond donors (Lipinski definition) is 1. The fourth-order valence-corrected chi connectivity index (χ4v) is 2.06. The van der Waals surface area contributed by atoms with Gasteiger partial charge in [-0.1, -0.05) is 41.6 Å². The lowest BCUT2D eigenvalue weighted by Gasteiger charge is -2.00. The average Bonchev–Trinajstić information content (AvgIpc) is 2.66. The molecule has 0 spiro atoms. The Labute approximate surface area is 97.7 Å². The molecule has 2 N–H and O–H groups in total. The van der Waals surface area contributed by atoms with Gasteiger partial charge in [0, 0.05) is 11.1 Å². The number of benzene rings is 1. The Balaban J connectivity index is 2.28. The van der Waals surface area contributed by atoms with Crippen LogP contribution in [0.2, 0.25) is 0 Å². The summed E-state index contributed by atoms with van der Waals surface area (Å²) in [6.07, 6.45) is 4.59. The van der Waals surface area contributed by atoms with Crippen LogP contribution in [0.25, 0.3) is 17.4 Å². The van der Waals surface area contributed by atoms with E-state index in [9.17, 15) is 4.79 Å². The Morgan fingerprint density at radius 2 is 2.18 bits per heavy atom. The zero-order valence-corrected chi connectivity index (χ0v) is 9.01. The number of amides is 1. The maximum atomic E-state index is 11.2. The molecule has 2 aromatic rings. The highest BCUT2D eigenvalue weighted by atomic mass is 16.5. The summed E-state index contributed by atoms with van der Waals surface area (Å²) in [6.45, 7) is 0. The van der Waals surface area contributed by atoms with Crippen molar-refractivity contribution in [3.05, 3.63) is 47.2 Å². The van der Waals surface area contributed by atoms with Crippen molar-refractivity contribution >= 4 is 12.0 Å². The van der Waals surface area contributed by atoms with Crippen molar-refractivity contribution in [3.8, 4) is 11.3 Å². The summed E-state index contributed by atoms with van der Waals surface area (Å²) < 4.78 is 5.26. The van der Waals surface area contributed by atoms with Crippen LogP contribution in [0.15, 0.2) is 34.9 Å². The average molecular weight is 226 g/mol. The molecule has 4 nitrogen and oxygen atoms in total. The molecule has 0 aliphatic heterocycles. The van der Waals surface area contributed by atoms with Crippen molar-refractivity contribution in [2.24, 2.45) is 5.73 Å². The third-order valence-corrected chi connectivity index (χ3v) is 2.85. The van der Waals surface area contributed by atoms with Gasteiger partial charge in [0.15, 0.2) is 11.5 Å². The van der Waals surface area contributed by atoms with Crippen LogP contribution in [-0.4, -0.2) is 11.1 Å². The number of fused-ring (bicyclic) bond motifs is 3. The first-order valence-corrected chi connectivity index (χ1v) is 5.31. The maximum Gasteiger partial charge on any atom is 0.271 e. The third-order valence-electron chi connectivity index (χ3n) is 2.85. The van der Waals surface area contributed by atoms with Crippen molar-refractivity contribution in [2.45, 2.75) is 6.42 Å². The maximum absolute atomic E-state index is 11.2. The van der Waals surface area contributed by atoms with Gasteiger partial charge in [0.2, 0.25) is 0 Å². The molecule has 1 aromatic heterocycles. The Morgan fingerprint density at radius 1 is 1.35 bits per heavy atom. The van der Waals surface area contributed by atoms with Crippen LogP contribution < -0.4 is 5.73 Å². The molecule has 0 atom stereocenters. The Kier molecular flexibility index (Phi) is 2.08. The third kappa shape index (κ3) is 1.45. The number of allylic oxidation sites excluding steroid dienone is 1. The van der Waals surface area contributed by atoms with Crippen molar-refractivity contribution in [3.63, 3.8) is 0 Å². The molecule has 0 saturated carbocycles. The topological polar surface area (TPSA) is 69.1 Å². The van der Waals surface area contributed by atoms with Crippen molar-refractivity contribution in [2.75, 3.05) is 0 Å². The van der Waals surface area contributed by atoms with Crippen molar-refractivity contribution in [1.29, 1.82) is 0 Å². The lowest BCUT2D eigenvalue weighted by atomic mass is 10.0. The number of carbonyl (C=O) groups is 1. The standard InChI is InChI=1S/C13H10N2O2/c14-13(16)11-10-7-3-5-8-4-1-2-6-9(8)12(10)17-15-11/h1-6H,7H2,(H2,14,16). The number of carbonyl (C=O) groups excluding carboxylic acids is 1. The van der Waals surface area contributed by atoms with Gasteiger partial charge in [-0.05, 0) is 12.0 Å². The van der Waals surface area contributed by atoms with Gasteiger partial charge in [-0.2, -0.15) is 0 Å². The zero-order valence-electron chi connectivity index (χ0n) is 9.01. The highest BCUT2D eigenvalue weighted by molar-refractivity contribution is 5.94. The van der Waals surface area contributed by atoms with E-state index in [0.29, 0.717) is 12.2 Å². The number of nitrogens with zero attached hydrogens (tertiary/aromatic N) is 1. The molecular formula is C13H10N2O2. The fraction of sp³-hybridized carbons (Fsp3) is 0.0769. The number of hydrogen-bond acceptors (Lipinski definition) is 3. The molecular weight excluding hydrogens is 216 g/mol. The first kappa shape index (κ1) is 9.84. The van der Waals surface area contributed by atoms with Crippen molar-refractivity contribution in [1.82, 2.24) is 5.16 Å². The molecule has 1 aliphatic rings. The highest BCUT2D eigenvalue weighted by Crippen LogP contribution is 2.32. The van der Waals surface area contributed by atoms with E-state index < -0.39 is 5.91 Å². The van der Waals surface area contributed by atoms with Gasteiger partial charge in [-0.3, -0.25) is 4.79 Å². The van der Waals surface area contributed by atoms with Crippen LogP contribution in [-0.2, 0) is 6.42 Å². The van der Waals surface area contributed by atoms with E-state index in [1.807, 2.05) is 36.4 Å². The fourth-order valence-electron chi connectivity index (χ4n) is 2.06. The van der Waals surface area contributed by atoms with E-state index in [0.717, 1.165) is 16.7 Å². The summed E-state index contributed by atoms with van der Waals surface area (Å²) in [5, 5.41) is 3.75. The number of aromatic nitrogens is 1. The first-order valence-electron chi connectivity index (χ1n) is 5.31. The van der Waals surface area contributed by atoms with Crippen LogP contribution in [0.4, 0.5) is 0 Å². The Bertz CT molecular complexity index is 626. The van der Waals surface area contributed by atoms with E-state index in [2.05, 4.69) is 5.16 Å². The van der Waals surface area contributed by atoms with Gasteiger partial charge >= 0.3 is 0 Å². The largest absolute Gasteiger partial charge is 0.364 e. The predicted octanol–water partition coefficient (Wildman–Crippen LogP) is 2.01. The molecule has 3 rings (SSSR count). The van der Waals surface area contributed by atoms with E-state index in [-0.39, 0.29) is 5.69 Å². The summed E-state index contributed by atoms with van der Waals surface area (Å²) in [7, 11) is 0. The van der Waals surface area contributed by atoms with Crippen LogP contribution in [0.1, 0.15) is 21.6 Å². The van der Waals surface area contributed by atoms with Gasteiger partial charge < -0.3 is 10.3 Å². The lowest BCUT2D eigenvalue weighted by Crippen LogP contribution is -2.13. The van der Waals surface area contributed by atoms with E-state index >= 15 is 0 Å². The Hall–Kier alpha value is -2.36. The summed E-state index contributed by atoms with van der Waals surface area (Å²) >= 11 is 0. The summed E-state index contributed by atoms with van der Waals surface area (Å²) in [4.78, 5) is 11.2. The van der Waals surface area contributed by atoms with Crippen LogP contribution in [0.3, 0.4) is 0 Å². The molecule has 17 heavy (non-hydrogen) atoms. The smallest absolute Gasteiger partial charge is 0.271 e. The summed E-state index contributed by atoms with van der Waals surface area (Å²) in [6, 6.07) is 7.82. The lowest BCUT2D eigenvalue weighted by molar-refractivity contribution is 0.0991. The molecule has 84 valence electrons. The molecule has 0 unspecified atom stereocenters. The second-order valence-corrected chi connectivity index (χ2v) is 3.90. The minimum absolute atomic E-state index is 0.223. The van der Waals surface area contributed by atoms with Crippen molar-refractivity contribution < 1.29 is 9.32 Å². The minimum Gasteiger partial charge on any atom is -0.364 e. The van der Waals surface area contributed by atoms with Gasteiger partial charge in [0.25, 0.3) is 5.91 Å². The predicted molar refractivity (Wildman–Crippen MR) is 63.2 cm³/mol. The molecule has 1 aromatic carbocycles. The number of primary amides is 1. The molecule has 1 aliphatic carbocycles. The summed E-state index contributed by atoms with van der Waals surface area (Å²) in [5.41, 5.74) is 8.25. The zero-order chi connectivity index (χ0) is 11.8. The van der Waals surface area contributed by atoms with Gasteiger partial charge in [-0.25, -0.2) is 0 Å². The second kappa shape index (κ2) is 3.59. The molecule has 0 radical (unpaired) electrons. The second-order valence-electron chi connectivity index (χ2n) is 3.90. The normalized spacial score (nSPS) is 12.7. The van der Waals surface area contributed by atoms with Gasteiger partial charge in [0.05, 0.1) is 0 Å². The van der Waals surface area contributed by atoms with E-state index in [4.69, 9.17) is 10.3 Å². The molecule has 4 heteroatoms. The minimum atomic E-state index is -0.553. The first-order chi connectivity index (χ1) is 8.27. The molecule has 0 saturated heterocycles. The van der Waals surface area contributed by atoms with E-state index in [1.165, 1.54) is 0 Å². The Morgan fingerprint density at radius 3 is 3.00 bits per heavy atom. The highest BCUT2D eigenvalue weighted by Gasteiger charge is 2.22. The van der Waals surface area contributed by atoms with Crippen LogP contribution >= 0.6 is 0 Å². The monoisotopic (exact) mass is 226 g/mol.